The molecule has 2 N–H and O–H groups in total. The summed E-state index contributed by atoms with van der Waals surface area (Å²) in [5.41, 5.74) is -0.511. The molecule has 1 aromatic carbocycles. The van der Waals surface area contributed by atoms with E-state index in [1.165, 1.54) is 12.1 Å². The summed E-state index contributed by atoms with van der Waals surface area (Å²) in [6.45, 7) is 6.74. The molecule has 1 rings (SSSR count). The lowest BCUT2D eigenvalue weighted by Crippen LogP contribution is -2.32. The van der Waals surface area contributed by atoms with Gasteiger partial charge in [0.15, 0.2) is 0 Å². The van der Waals surface area contributed by atoms with Gasteiger partial charge in [0, 0.05) is 0 Å². The van der Waals surface area contributed by atoms with Gasteiger partial charge in [-0.1, -0.05) is 17.9 Å². The Balaban J connectivity index is 2.72. The highest BCUT2D eigenvalue weighted by atomic mass is 19.1. The van der Waals surface area contributed by atoms with E-state index in [-0.39, 0.29) is 24.5 Å². The fourth-order valence-corrected chi connectivity index (χ4v) is 1.54. The Kier molecular flexibility index (Phi) is 6.86. The summed E-state index contributed by atoms with van der Waals surface area (Å²) >= 11 is 0. The first kappa shape index (κ1) is 18.8. The van der Waals surface area contributed by atoms with Crippen molar-refractivity contribution >= 4 is 6.09 Å². The Bertz CT molecular complexity index is 599. The highest BCUT2D eigenvalue weighted by molar-refractivity contribution is 5.68. The predicted molar refractivity (Wildman–Crippen MR) is 84.7 cm³/mol. The van der Waals surface area contributed by atoms with Crippen LogP contribution in [-0.2, 0) is 4.74 Å². The average molecular weight is 323 g/mol. The minimum absolute atomic E-state index is 0.0121. The van der Waals surface area contributed by atoms with Crippen LogP contribution in [0.1, 0.15) is 33.3 Å². The van der Waals surface area contributed by atoms with Crippen LogP contribution in [-0.4, -0.2) is 36.1 Å². The standard InChI is InChI=1S/C17H22FNO4/c1-12(11-20)22-15-9-5-8-14(18)13(15)7-6-10-19-16(21)23-17(2,3)4/h5,8-9,12,20H,10-11H2,1-4H3,(H,19,21). The molecule has 0 aromatic heterocycles. The van der Waals surface area contributed by atoms with Crippen molar-refractivity contribution in [3.63, 3.8) is 0 Å². The number of carbonyl (C=O) groups excluding carboxylic acids is 1. The molecule has 23 heavy (non-hydrogen) atoms. The largest absolute Gasteiger partial charge is 0.487 e. The number of benzene rings is 1. The first-order valence-electron chi connectivity index (χ1n) is 7.24. The van der Waals surface area contributed by atoms with E-state index in [1.807, 2.05) is 0 Å². The first-order valence-corrected chi connectivity index (χ1v) is 7.24. The van der Waals surface area contributed by atoms with Crippen LogP contribution in [0, 0.1) is 17.7 Å². The Morgan fingerprint density at radius 1 is 1.43 bits per heavy atom. The Hall–Kier alpha value is -2.26. The molecule has 0 bridgehead atoms. The third-order valence-electron chi connectivity index (χ3n) is 2.49. The summed E-state index contributed by atoms with van der Waals surface area (Å²) in [4.78, 5) is 11.5. The highest BCUT2D eigenvalue weighted by Crippen LogP contribution is 2.21. The summed E-state index contributed by atoms with van der Waals surface area (Å²) < 4.78 is 24.3. The molecule has 0 heterocycles. The van der Waals surface area contributed by atoms with Crippen molar-refractivity contribution < 1.29 is 23.8 Å². The second-order valence-corrected chi connectivity index (χ2v) is 5.88. The molecule has 5 nitrogen and oxygen atoms in total. The molecule has 0 saturated heterocycles. The van der Waals surface area contributed by atoms with E-state index in [0.717, 1.165) is 0 Å². The second-order valence-electron chi connectivity index (χ2n) is 5.88. The molecular formula is C17H22FNO4. The quantitative estimate of drug-likeness (QED) is 0.835. The zero-order valence-electron chi connectivity index (χ0n) is 13.8. The summed E-state index contributed by atoms with van der Waals surface area (Å²) in [5.74, 6) is 4.99. The van der Waals surface area contributed by atoms with E-state index in [2.05, 4.69) is 17.2 Å². The van der Waals surface area contributed by atoms with Crippen LogP contribution in [0.2, 0.25) is 0 Å². The van der Waals surface area contributed by atoms with Gasteiger partial charge < -0.3 is 19.9 Å². The van der Waals surface area contributed by atoms with Crippen LogP contribution in [0.15, 0.2) is 18.2 Å². The molecule has 1 atom stereocenters. The number of aliphatic hydroxyl groups is 1. The SMILES string of the molecule is CC(CO)Oc1cccc(F)c1C#CCNC(=O)OC(C)(C)C. The molecule has 1 amide bonds. The van der Waals surface area contributed by atoms with Gasteiger partial charge in [0.2, 0.25) is 0 Å². The van der Waals surface area contributed by atoms with Crippen molar-refractivity contribution in [1.82, 2.24) is 5.32 Å². The number of nitrogens with one attached hydrogen (secondary N) is 1. The predicted octanol–water partition coefficient (Wildman–Crippen LogP) is 2.46. The summed E-state index contributed by atoms with van der Waals surface area (Å²) in [6.07, 6.45) is -1.07. The van der Waals surface area contributed by atoms with Gasteiger partial charge >= 0.3 is 6.09 Å². The number of halogens is 1. The number of alkyl carbamates (subject to hydrolysis) is 1. The van der Waals surface area contributed by atoms with Crippen LogP contribution in [0.3, 0.4) is 0 Å². The normalized spacial score (nSPS) is 11.9. The maximum atomic E-state index is 13.9. The first-order chi connectivity index (χ1) is 10.7. The molecule has 0 aliphatic heterocycles. The maximum absolute atomic E-state index is 13.9. The summed E-state index contributed by atoms with van der Waals surface area (Å²) in [7, 11) is 0. The van der Waals surface area contributed by atoms with Crippen LogP contribution >= 0.6 is 0 Å². The fraction of sp³-hybridized carbons (Fsp3) is 0.471. The molecule has 0 saturated carbocycles. The van der Waals surface area contributed by atoms with Gasteiger partial charge in [0.05, 0.1) is 13.2 Å². The number of hydrogen-bond acceptors (Lipinski definition) is 4. The lowest BCUT2D eigenvalue weighted by atomic mass is 10.2. The van der Waals surface area contributed by atoms with Crippen LogP contribution < -0.4 is 10.1 Å². The summed E-state index contributed by atoms with van der Waals surface area (Å²) in [6, 6.07) is 4.33. The van der Waals surface area contributed by atoms with Crippen molar-refractivity contribution in [1.29, 1.82) is 0 Å². The van der Waals surface area contributed by atoms with E-state index >= 15 is 0 Å². The van der Waals surface area contributed by atoms with Gasteiger partial charge in [-0.2, -0.15) is 0 Å². The van der Waals surface area contributed by atoms with Crippen LogP contribution in [0.4, 0.5) is 9.18 Å². The zero-order valence-corrected chi connectivity index (χ0v) is 13.8. The van der Waals surface area contributed by atoms with E-state index in [0.29, 0.717) is 0 Å². The van der Waals surface area contributed by atoms with Gasteiger partial charge in [0.1, 0.15) is 28.8 Å². The molecule has 0 spiro atoms. The van der Waals surface area contributed by atoms with E-state index < -0.39 is 23.6 Å². The lowest BCUT2D eigenvalue weighted by Gasteiger charge is -2.19. The number of rotatable bonds is 4. The molecule has 6 heteroatoms. The molecule has 126 valence electrons. The van der Waals surface area contributed by atoms with Crippen molar-refractivity contribution in [2.45, 2.75) is 39.4 Å². The van der Waals surface area contributed by atoms with E-state index in [9.17, 15) is 9.18 Å². The van der Waals surface area contributed by atoms with E-state index in [1.54, 1.807) is 33.8 Å². The third kappa shape index (κ3) is 7.02. The summed E-state index contributed by atoms with van der Waals surface area (Å²) in [5, 5.41) is 11.5. The molecular weight excluding hydrogens is 301 g/mol. The molecule has 0 fully saturated rings. The Morgan fingerprint density at radius 3 is 2.74 bits per heavy atom. The second kappa shape index (κ2) is 8.39. The molecule has 0 aliphatic carbocycles. The maximum Gasteiger partial charge on any atom is 0.408 e. The van der Waals surface area contributed by atoms with Crippen molar-refractivity contribution in [3.05, 3.63) is 29.6 Å². The number of ether oxygens (including phenoxy) is 2. The zero-order chi connectivity index (χ0) is 17.5. The van der Waals surface area contributed by atoms with Gasteiger partial charge in [-0.3, -0.25) is 0 Å². The van der Waals surface area contributed by atoms with Gasteiger partial charge in [-0.05, 0) is 39.8 Å². The minimum atomic E-state index is -0.593. The Morgan fingerprint density at radius 2 is 2.13 bits per heavy atom. The number of aliphatic hydroxyl groups excluding tert-OH is 1. The van der Waals surface area contributed by atoms with Crippen molar-refractivity contribution in [2.75, 3.05) is 13.2 Å². The van der Waals surface area contributed by atoms with Crippen molar-refractivity contribution in [3.8, 4) is 17.6 Å². The topological polar surface area (TPSA) is 67.8 Å². The fourth-order valence-electron chi connectivity index (χ4n) is 1.54. The van der Waals surface area contributed by atoms with E-state index in [4.69, 9.17) is 14.6 Å². The number of hydrogen-bond donors (Lipinski definition) is 2. The third-order valence-corrected chi connectivity index (χ3v) is 2.49. The average Bonchev–Trinajstić information content (AvgIpc) is 2.43. The molecule has 0 radical (unpaired) electrons. The number of carbonyl (C=O) groups is 1. The van der Waals surface area contributed by atoms with Crippen LogP contribution in [0.5, 0.6) is 5.75 Å². The molecule has 0 aliphatic rings. The molecule has 1 unspecified atom stereocenters. The van der Waals surface area contributed by atoms with Gasteiger partial charge in [-0.25, -0.2) is 9.18 Å². The molecule has 1 aromatic rings. The van der Waals surface area contributed by atoms with Crippen molar-refractivity contribution in [2.24, 2.45) is 0 Å². The minimum Gasteiger partial charge on any atom is -0.487 e. The Labute approximate surface area is 135 Å². The van der Waals surface area contributed by atoms with Crippen LogP contribution in [0.25, 0.3) is 0 Å². The van der Waals surface area contributed by atoms with Gasteiger partial charge in [-0.15, -0.1) is 0 Å². The number of amides is 1. The lowest BCUT2D eigenvalue weighted by molar-refractivity contribution is 0.0535. The highest BCUT2D eigenvalue weighted by Gasteiger charge is 2.15. The van der Waals surface area contributed by atoms with Gasteiger partial charge in [0.25, 0.3) is 0 Å². The monoisotopic (exact) mass is 323 g/mol. The smallest absolute Gasteiger partial charge is 0.408 e.